The average Bonchev–Trinajstić information content (AvgIpc) is 2.58. The van der Waals surface area contributed by atoms with Crippen molar-refractivity contribution in [3.05, 3.63) is 35.6 Å². The van der Waals surface area contributed by atoms with Gasteiger partial charge in [0.15, 0.2) is 5.96 Å². The number of halogens is 1. The van der Waals surface area contributed by atoms with Crippen LogP contribution in [-0.4, -0.2) is 54.9 Å². The first-order valence-corrected chi connectivity index (χ1v) is 8.58. The summed E-state index contributed by atoms with van der Waals surface area (Å²) in [5, 5.41) is 12.5. The van der Waals surface area contributed by atoms with Crippen molar-refractivity contribution in [2.45, 2.75) is 33.0 Å². The van der Waals surface area contributed by atoms with Crippen molar-refractivity contribution >= 4 is 5.96 Å². The molecule has 1 aliphatic heterocycles. The Kier molecular flexibility index (Phi) is 6.99. The van der Waals surface area contributed by atoms with Crippen molar-refractivity contribution in [2.75, 3.05) is 32.8 Å². The molecule has 3 atom stereocenters. The lowest BCUT2D eigenvalue weighted by Gasteiger charge is -2.38. The van der Waals surface area contributed by atoms with E-state index in [9.17, 15) is 9.50 Å². The van der Waals surface area contributed by atoms with Crippen LogP contribution >= 0.6 is 0 Å². The summed E-state index contributed by atoms with van der Waals surface area (Å²) < 4.78 is 19.2. The highest BCUT2D eigenvalue weighted by molar-refractivity contribution is 5.80. The van der Waals surface area contributed by atoms with Crippen molar-refractivity contribution in [3.63, 3.8) is 0 Å². The minimum Gasteiger partial charge on any atom is -0.396 e. The number of morpholine rings is 1. The zero-order valence-electron chi connectivity index (χ0n) is 14.7. The van der Waals surface area contributed by atoms with Gasteiger partial charge in [0.2, 0.25) is 0 Å². The maximum absolute atomic E-state index is 13.1. The fraction of sp³-hybridized carbons (Fsp3) is 0.611. The molecule has 0 spiro atoms. The van der Waals surface area contributed by atoms with E-state index in [4.69, 9.17) is 4.74 Å². The van der Waals surface area contributed by atoms with Crippen LogP contribution in [0.15, 0.2) is 29.3 Å². The molecule has 1 fully saturated rings. The maximum atomic E-state index is 13.1. The zero-order chi connectivity index (χ0) is 17.5. The average molecular weight is 337 g/mol. The first-order valence-electron chi connectivity index (χ1n) is 8.58. The lowest BCUT2D eigenvalue weighted by Crippen LogP contribution is -2.50. The molecule has 0 aliphatic carbocycles. The zero-order valence-corrected chi connectivity index (χ0v) is 14.7. The highest BCUT2D eigenvalue weighted by Crippen LogP contribution is 2.25. The molecule has 0 saturated carbocycles. The summed E-state index contributed by atoms with van der Waals surface area (Å²) in [6.45, 7) is 8.92. The summed E-state index contributed by atoms with van der Waals surface area (Å²) in [6.07, 6.45) is -0.0682. The number of guanidine groups is 1. The monoisotopic (exact) mass is 337 g/mol. The van der Waals surface area contributed by atoms with Crippen LogP contribution in [0.5, 0.6) is 0 Å². The van der Waals surface area contributed by atoms with Crippen LogP contribution in [0.1, 0.15) is 32.4 Å². The molecule has 6 heteroatoms. The standard InChI is InChI=1S/C18H28FN3O2/c1-4-20-18(21-9-13(2)12-23)22-10-14(3)24-17(11-22)15-5-7-16(19)8-6-15/h5-8,13-14,17,23H,4,9-12H2,1-3H3,(H,20,21). The second-order valence-corrected chi connectivity index (χ2v) is 6.37. The van der Waals surface area contributed by atoms with Gasteiger partial charge in [-0.25, -0.2) is 4.39 Å². The Labute approximate surface area is 143 Å². The van der Waals surface area contributed by atoms with Crippen molar-refractivity contribution < 1.29 is 14.2 Å². The SMILES string of the molecule is CCNC(=NCC(C)CO)N1CC(C)OC(c2ccc(F)cc2)C1. The predicted octanol–water partition coefficient (Wildman–Crippen LogP) is 2.18. The quantitative estimate of drug-likeness (QED) is 0.639. The van der Waals surface area contributed by atoms with Crippen LogP contribution in [0.25, 0.3) is 0 Å². The van der Waals surface area contributed by atoms with E-state index in [1.807, 2.05) is 20.8 Å². The topological polar surface area (TPSA) is 57.1 Å². The van der Waals surface area contributed by atoms with Gasteiger partial charge in [-0.2, -0.15) is 0 Å². The number of nitrogens with one attached hydrogen (secondary N) is 1. The summed E-state index contributed by atoms with van der Waals surface area (Å²) in [5.41, 5.74) is 0.965. The van der Waals surface area contributed by atoms with Gasteiger partial charge in [0.1, 0.15) is 11.9 Å². The third-order valence-corrected chi connectivity index (χ3v) is 4.00. The van der Waals surface area contributed by atoms with E-state index >= 15 is 0 Å². The highest BCUT2D eigenvalue weighted by Gasteiger charge is 2.28. The molecule has 2 rings (SSSR count). The molecule has 5 nitrogen and oxygen atoms in total. The van der Waals surface area contributed by atoms with E-state index in [1.165, 1.54) is 12.1 Å². The van der Waals surface area contributed by atoms with E-state index in [0.717, 1.165) is 24.6 Å². The van der Waals surface area contributed by atoms with E-state index in [-0.39, 0.29) is 30.5 Å². The molecule has 1 heterocycles. The van der Waals surface area contributed by atoms with Crippen molar-refractivity contribution in [3.8, 4) is 0 Å². The van der Waals surface area contributed by atoms with Gasteiger partial charge in [-0.05, 0) is 37.5 Å². The van der Waals surface area contributed by atoms with Crippen molar-refractivity contribution in [1.29, 1.82) is 0 Å². The number of hydrogen-bond donors (Lipinski definition) is 2. The predicted molar refractivity (Wildman–Crippen MR) is 93.5 cm³/mol. The van der Waals surface area contributed by atoms with Crippen LogP contribution in [0.4, 0.5) is 4.39 Å². The van der Waals surface area contributed by atoms with Gasteiger partial charge < -0.3 is 20.1 Å². The molecule has 1 saturated heterocycles. The fourth-order valence-electron chi connectivity index (χ4n) is 2.71. The van der Waals surface area contributed by atoms with Gasteiger partial charge in [-0.3, -0.25) is 4.99 Å². The molecular formula is C18H28FN3O2. The minimum absolute atomic E-state index is 0.0490. The van der Waals surface area contributed by atoms with E-state index in [2.05, 4.69) is 15.2 Å². The van der Waals surface area contributed by atoms with Crippen molar-refractivity contribution in [1.82, 2.24) is 10.2 Å². The number of ether oxygens (including phenoxy) is 1. The van der Waals surface area contributed by atoms with E-state index in [0.29, 0.717) is 13.1 Å². The van der Waals surface area contributed by atoms with Crippen LogP contribution in [0, 0.1) is 11.7 Å². The first-order chi connectivity index (χ1) is 11.5. The molecule has 0 bridgehead atoms. The Hall–Kier alpha value is -1.66. The number of benzene rings is 1. The van der Waals surface area contributed by atoms with Crippen LogP contribution in [0.3, 0.4) is 0 Å². The Morgan fingerprint density at radius 2 is 2.12 bits per heavy atom. The molecule has 1 aromatic carbocycles. The Bertz CT molecular complexity index is 536. The lowest BCUT2D eigenvalue weighted by atomic mass is 10.1. The summed E-state index contributed by atoms with van der Waals surface area (Å²) in [6, 6.07) is 6.47. The number of aliphatic hydroxyl groups is 1. The van der Waals surface area contributed by atoms with E-state index in [1.54, 1.807) is 12.1 Å². The van der Waals surface area contributed by atoms with Gasteiger partial charge >= 0.3 is 0 Å². The Morgan fingerprint density at radius 1 is 1.42 bits per heavy atom. The highest BCUT2D eigenvalue weighted by atomic mass is 19.1. The van der Waals surface area contributed by atoms with Gasteiger partial charge in [-0.15, -0.1) is 0 Å². The maximum Gasteiger partial charge on any atom is 0.194 e. The molecule has 134 valence electrons. The summed E-state index contributed by atoms with van der Waals surface area (Å²) >= 11 is 0. The molecular weight excluding hydrogens is 309 g/mol. The molecule has 24 heavy (non-hydrogen) atoms. The third-order valence-electron chi connectivity index (χ3n) is 4.00. The second kappa shape index (κ2) is 8.99. The summed E-state index contributed by atoms with van der Waals surface area (Å²) in [4.78, 5) is 6.82. The van der Waals surface area contributed by atoms with Gasteiger partial charge in [0.25, 0.3) is 0 Å². The number of rotatable bonds is 5. The number of nitrogens with zero attached hydrogens (tertiary/aromatic N) is 2. The molecule has 0 radical (unpaired) electrons. The van der Waals surface area contributed by atoms with E-state index < -0.39 is 0 Å². The van der Waals surface area contributed by atoms with Crippen LogP contribution in [-0.2, 0) is 4.74 Å². The third kappa shape index (κ3) is 5.18. The second-order valence-electron chi connectivity index (χ2n) is 6.37. The number of hydrogen-bond acceptors (Lipinski definition) is 3. The minimum atomic E-state index is -0.243. The molecule has 3 unspecified atom stereocenters. The Balaban J connectivity index is 2.13. The number of aliphatic imine (C=N–C) groups is 1. The lowest BCUT2D eigenvalue weighted by molar-refractivity contribution is -0.0605. The van der Waals surface area contributed by atoms with Gasteiger partial charge in [-0.1, -0.05) is 19.1 Å². The first kappa shape index (κ1) is 18.7. The molecule has 0 aromatic heterocycles. The molecule has 0 amide bonds. The van der Waals surface area contributed by atoms with Crippen molar-refractivity contribution in [2.24, 2.45) is 10.9 Å². The van der Waals surface area contributed by atoms with Gasteiger partial charge in [0.05, 0.1) is 12.6 Å². The fourth-order valence-corrected chi connectivity index (χ4v) is 2.71. The molecule has 1 aromatic rings. The molecule has 1 aliphatic rings. The van der Waals surface area contributed by atoms with Crippen LogP contribution < -0.4 is 5.32 Å². The summed E-state index contributed by atoms with van der Waals surface area (Å²) in [5.74, 6) is 0.720. The summed E-state index contributed by atoms with van der Waals surface area (Å²) in [7, 11) is 0. The smallest absolute Gasteiger partial charge is 0.194 e. The molecule has 2 N–H and O–H groups in total. The van der Waals surface area contributed by atoms with Gasteiger partial charge in [0, 0.05) is 26.2 Å². The largest absolute Gasteiger partial charge is 0.396 e. The Morgan fingerprint density at radius 3 is 2.75 bits per heavy atom. The normalized spacial score (nSPS) is 23.2. The number of aliphatic hydroxyl groups excluding tert-OH is 1. The van der Waals surface area contributed by atoms with Crippen LogP contribution in [0.2, 0.25) is 0 Å².